The van der Waals surface area contributed by atoms with E-state index in [0.29, 0.717) is 12.1 Å². The minimum atomic E-state index is -0.849. The summed E-state index contributed by atoms with van der Waals surface area (Å²) in [5.41, 5.74) is 1.65. The summed E-state index contributed by atoms with van der Waals surface area (Å²) >= 11 is 6.17. The molecule has 0 aliphatic carbocycles. The molecule has 1 heterocycles. The number of aromatic nitrogens is 4. The van der Waals surface area contributed by atoms with Crippen LogP contribution in [-0.2, 0) is 16.0 Å². The van der Waals surface area contributed by atoms with Crippen LogP contribution >= 0.6 is 11.6 Å². The number of ether oxygens (including phenoxy) is 1. The molecule has 2 aromatic carbocycles. The van der Waals surface area contributed by atoms with Crippen molar-refractivity contribution in [2.75, 3.05) is 7.11 Å². The molecule has 0 unspecified atom stereocenters. The van der Waals surface area contributed by atoms with Crippen LogP contribution in [0.3, 0.4) is 0 Å². The second-order valence-electron chi connectivity index (χ2n) is 5.66. The molecule has 8 nitrogen and oxygen atoms in total. The van der Waals surface area contributed by atoms with Gasteiger partial charge in [0.2, 0.25) is 0 Å². The maximum Gasteiger partial charge on any atom is 0.328 e. The van der Waals surface area contributed by atoms with Gasteiger partial charge in [0, 0.05) is 6.42 Å². The highest BCUT2D eigenvalue weighted by atomic mass is 35.5. The molecule has 0 aliphatic heterocycles. The maximum atomic E-state index is 12.7. The molecule has 0 aliphatic rings. The molecular formula is C18H16ClN5O3. The summed E-state index contributed by atoms with van der Waals surface area (Å²) in [5.74, 6) is -1.04. The molecule has 0 saturated heterocycles. The van der Waals surface area contributed by atoms with Crippen molar-refractivity contribution in [3.05, 3.63) is 71.0 Å². The summed E-state index contributed by atoms with van der Waals surface area (Å²) < 4.78 is 6.21. The van der Waals surface area contributed by atoms with Gasteiger partial charge < -0.3 is 10.1 Å². The minimum Gasteiger partial charge on any atom is -0.467 e. The van der Waals surface area contributed by atoms with E-state index in [9.17, 15) is 9.59 Å². The average molecular weight is 386 g/mol. The highest BCUT2D eigenvalue weighted by Gasteiger charge is 2.24. The molecule has 1 aromatic heterocycles. The first kappa shape index (κ1) is 18.5. The number of rotatable bonds is 6. The molecule has 9 heteroatoms. The van der Waals surface area contributed by atoms with E-state index in [2.05, 4.69) is 20.8 Å². The molecule has 138 valence electrons. The first-order valence-electron chi connectivity index (χ1n) is 8.04. The van der Waals surface area contributed by atoms with Crippen LogP contribution in [0.2, 0.25) is 5.02 Å². The molecule has 1 N–H and O–H groups in total. The smallest absolute Gasteiger partial charge is 0.328 e. The number of amides is 1. The van der Waals surface area contributed by atoms with Crippen LogP contribution < -0.4 is 5.32 Å². The zero-order chi connectivity index (χ0) is 19.2. The van der Waals surface area contributed by atoms with Crippen molar-refractivity contribution in [3.8, 4) is 5.69 Å². The van der Waals surface area contributed by atoms with Crippen LogP contribution in [-0.4, -0.2) is 45.2 Å². The Balaban J connectivity index is 1.83. The summed E-state index contributed by atoms with van der Waals surface area (Å²) in [6, 6.07) is 13.3. The molecule has 1 atom stereocenters. The van der Waals surface area contributed by atoms with Gasteiger partial charge in [-0.15, -0.1) is 5.10 Å². The SMILES string of the molecule is COC(=O)[C@@H](Cc1ccccc1)NC(=O)c1cc(-n2cnnn2)ccc1Cl. The predicted molar refractivity (Wildman–Crippen MR) is 97.6 cm³/mol. The highest BCUT2D eigenvalue weighted by Crippen LogP contribution is 2.20. The van der Waals surface area contributed by atoms with E-state index in [0.717, 1.165) is 5.56 Å². The first-order chi connectivity index (χ1) is 13.1. The van der Waals surface area contributed by atoms with Crippen LogP contribution in [0.15, 0.2) is 54.9 Å². The van der Waals surface area contributed by atoms with Crippen LogP contribution in [0.25, 0.3) is 5.69 Å². The number of carbonyl (C=O) groups is 2. The van der Waals surface area contributed by atoms with Crippen LogP contribution in [0, 0.1) is 0 Å². The fourth-order valence-corrected chi connectivity index (χ4v) is 2.73. The molecule has 3 aromatic rings. The monoisotopic (exact) mass is 385 g/mol. The number of carbonyl (C=O) groups excluding carboxylic acids is 2. The Morgan fingerprint density at radius 1 is 1.22 bits per heavy atom. The van der Waals surface area contributed by atoms with Crippen LogP contribution in [0.5, 0.6) is 0 Å². The van der Waals surface area contributed by atoms with Gasteiger partial charge in [-0.3, -0.25) is 4.79 Å². The van der Waals surface area contributed by atoms with Crippen LogP contribution in [0.1, 0.15) is 15.9 Å². The Bertz CT molecular complexity index is 931. The quantitative estimate of drug-likeness (QED) is 0.650. The van der Waals surface area contributed by atoms with Gasteiger partial charge in [-0.1, -0.05) is 41.9 Å². The molecule has 0 bridgehead atoms. The van der Waals surface area contributed by atoms with Gasteiger partial charge in [-0.25, -0.2) is 9.48 Å². The molecule has 0 saturated carbocycles. The van der Waals surface area contributed by atoms with Crippen molar-refractivity contribution in [2.24, 2.45) is 0 Å². The molecule has 27 heavy (non-hydrogen) atoms. The lowest BCUT2D eigenvalue weighted by Crippen LogP contribution is -2.43. The largest absolute Gasteiger partial charge is 0.467 e. The van der Waals surface area contributed by atoms with E-state index in [-0.39, 0.29) is 10.6 Å². The Labute approximate surface area is 160 Å². The Hall–Kier alpha value is -3.26. The summed E-state index contributed by atoms with van der Waals surface area (Å²) in [5, 5.41) is 13.8. The standard InChI is InChI=1S/C18H16ClN5O3/c1-27-18(26)16(9-12-5-3-2-4-6-12)21-17(25)14-10-13(7-8-15(14)19)24-11-20-22-23-24/h2-8,10-11,16H,9H2,1H3,(H,21,25)/t16-/m1/s1. The number of hydrogen-bond donors (Lipinski definition) is 1. The van der Waals surface area contributed by atoms with Gasteiger partial charge in [0.25, 0.3) is 5.91 Å². The summed E-state index contributed by atoms with van der Waals surface area (Å²) in [6.07, 6.45) is 1.70. The molecule has 0 radical (unpaired) electrons. The maximum absolute atomic E-state index is 12.7. The van der Waals surface area contributed by atoms with Crippen molar-refractivity contribution in [1.82, 2.24) is 25.5 Å². The normalized spacial score (nSPS) is 11.6. The third-order valence-corrected chi connectivity index (χ3v) is 4.21. The van der Waals surface area contributed by atoms with E-state index in [4.69, 9.17) is 16.3 Å². The first-order valence-corrected chi connectivity index (χ1v) is 8.42. The fourth-order valence-electron chi connectivity index (χ4n) is 2.53. The van der Waals surface area contributed by atoms with Crippen LogP contribution in [0.4, 0.5) is 0 Å². The third kappa shape index (κ3) is 4.48. The second kappa shape index (κ2) is 8.41. The number of benzene rings is 2. The molecular weight excluding hydrogens is 370 g/mol. The topological polar surface area (TPSA) is 99.0 Å². The van der Waals surface area contributed by atoms with Gasteiger partial charge in [0.15, 0.2) is 0 Å². The summed E-state index contributed by atoms with van der Waals surface area (Å²) in [4.78, 5) is 24.9. The number of nitrogens with zero attached hydrogens (tertiary/aromatic N) is 4. The second-order valence-corrected chi connectivity index (χ2v) is 6.06. The lowest BCUT2D eigenvalue weighted by Gasteiger charge is -2.17. The van der Waals surface area contributed by atoms with Crippen molar-refractivity contribution < 1.29 is 14.3 Å². The van der Waals surface area contributed by atoms with E-state index < -0.39 is 17.9 Å². The van der Waals surface area contributed by atoms with Gasteiger partial charge >= 0.3 is 5.97 Å². The van der Waals surface area contributed by atoms with Crippen molar-refractivity contribution in [1.29, 1.82) is 0 Å². The molecule has 3 rings (SSSR count). The highest BCUT2D eigenvalue weighted by molar-refractivity contribution is 6.34. The van der Waals surface area contributed by atoms with Gasteiger partial charge in [0.05, 0.1) is 23.4 Å². The Kier molecular flexibility index (Phi) is 5.77. The summed E-state index contributed by atoms with van der Waals surface area (Å²) in [7, 11) is 1.28. The fraction of sp³-hybridized carbons (Fsp3) is 0.167. The number of halogens is 1. The molecule has 1 amide bonds. The lowest BCUT2D eigenvalue weighted by molar-refractivity contribution is -0.142. The van der Waals surface area contributed by atoms with E-state index in [1.807, 2.05) is 30.3 Å². The van der Waals surface area contributed by atoms with Crippen molar-refractivity contribution in [2.45, 2.75) is 12.5 Å². The van der Waals surface area contributed by atoms with E-state index in [1.165, 1.54) is 18.1 Å². The van der Waals surface area contributed by atoms with Crippen molar-refractivity contribution in [3.63, 3.8) is 0 Å². The van der Waals surface area contributed by atoms with Gasteiger partial charge in [0.1, 0.15) is 12.4 Å². The summed E-state index contributed by atoms with van der Waals surface area (Å²) in [6.45, 7) is 0. The Morgan fingerprint density at radius 2 is 2.00 bits per heavy atom. The molecule has 0 fully saturated rings. The lowest BCUT2D eigenvalue weighted by atomic mass is 10.1. The average Bonchev–Trinajstić information content (AvgIpc) is 3.22. The Morgan fingerprint density at radius 3 is 2.67 bits per heavy atom. The van der Waals surface area contributed by atoms with E-state index in [1.54, 1.807) is 18.2 Å². The van der Waals surface area contributed by atoms with Crippen molar-refractivity contribution >= 4 is 23.5 Å². The van der Waals surface area contributed by atoms with Gasteiger partial charge in [-0.2, -0.15) is 0 Å². The number of methoxy groups -OCH3 is 1. The minimum absolute atomic E-state index is 0.201. The van der Waals surface area contributed by atoms with E-state index >= 15 is 0 Å². The van der Waals surface area contributed by atoms with Gasteiger partial charge in [-0.05, 0) is 34.2 Å². The number of hydrogen-bond acceptors (Lipinski definition) is 6. The zero-order valence-electron chi connectivity index (χ0n) is 14.4. The zero-order valence-corrected chi connectivity index (χ0v) is 15.1. The number of nitrogens with one attached hydrogen (secondary N) is 1. The molecule has 0 spiro atoms. The predicted octanol–water partition coefficient (Wildman–Crippen LogP) is 1.83. The number of tetrazole rings is 1. The third-order valence-electron chi connectivity index (χ3n) is 3.88. The number of esters is 1.